The maximum Gasteiger partial charge on any atom is 0.230 e. The molecule has 0 aliphatic heterocycles. The number of carbonyl (C=O) groups is 1. The standard InChI is InChI=1S/C14H12N4OS/c15-13-17-18-14(20-13)16-12(19)8-9-5-6-10-3-1-2-4-11(10)7-9/h1-7H,8H2,(H2,15,17)(H,16,18,19). The van der Waals surface area contributed by atoms with Gasteiger partial charge in [-0.15, -0.1) is 10.2 Å². The lowest BCUT2D eigenvalue weighted by atomic mass is 10.1. The molecule has 1 heterocycles. The highest BCUT2D eigenvalue weighted by atomic mass is 32.1. The summed E-state index contributed by atoms with van der Waals surface area (Å²) in [5.41, 5.74) is 6.42. The number of nitrogens with two attached hydrogens (primary N) is 1. The zero-order valence-electron chi connectivity index (χ0n) is 10.5. The number of nitrogen functional groups attached to an aromatic ring is 1. The van der Waals surface area contributed by atoms with Gasteiger partial charge in [0.15, 0.2) is 0 Å². The van der Waals surface area contributed by atoms with Gasteiger partial charge in [-0.3, -0.25) is 4.79 Å². The molecule has 0 unspecified atom stereocenters. The van der Waals surface area contributed by atoms with Crippen molar-refractivity contribution in [3.63, 3.8) is 0 Å². The number of fused-ring (bicyclic) bond motifs is 1. The molecule has 5 nitrogen and oxygen atoms in total. The first kappa shape index (κ1) is 12.6. The summed E-state index contributed by atoms with van der Waals surface area (Å²) in [7, 11) is 0. The number of aromatic nitrogens is 2. The van der Waals surface area contributed by atoms with Crippen LogP contribution in [-0.2, 0) is 11.2 Å². The maximum absolute atomic E-state index is 11.9. The fraction of sp³-hybridized carbons (Fsp3) is 0.0714. The molecule has 0 spiro atoms. The van der Waals surface area contributed by atoms with Gasteiger partial charge in [0.2, 0.25) is 16.2 Å². The van der Waals surface area contributed by atoms with Crippen LogP contribution in [0.1, 0.15) is 5.56 Å². The number of anilines is 2. The Kier molecular flexibility index (Phi) is 3.30. The van der Waals surface area contributed by atoms with Gasteiger partial charge < -0.3 is 11.1 Å². The molecule has 0 radical (unpaired) electrons. The van der Waals surface area contributed by atoms with E-state index < -0.39 is 0 Å². The highest BCUT2D eigenvalue weighted by Crippen LogP contribution is 2.18. The minimum atomic E-state index is -0.128. The van der Waals surface area contributed by atoms with E-state index in [9.17, 15) is 4.79 Å². The molecule has 100 valence electrons. The Morgan fingerprint density at radius 3 is 2.70 bits per heavy atom. The molecule has 0 fully saturated rings. The van der Waals surface area contributed by atoms with E-state index in [4.69, 9.17) is 5.73 Å². The van der Waals surface area contributed by atoms with Crippen molar-refractivity contribution in [1.82, 2.24) is 10.2 Å². The van der Waals surface area contributed by atoms with Crippen LogP contribution in [0.25, 0.3) is 10.8 Å². The Balaban J connectivity index is 1.73. The lowest BCUT2D eigenvalue weighted by molar-refractivity contribution is -0.115. The van der Waals surface area contributed by atoms with Gasteiger partial charge in [-0.05, 0) is 16.3 Å². The Bertz CT molecular complexity index is 768. The molecule has 0 bridgehead atoms. The quantitative estimate of drug-likeness (QED) is 0.774. The van der Waals surface area contributed by atoms with Crippen LogP contribution in [0.5, 0.6) is 0 Å². The van der Waals surface area contributed by atoms with Gasteiger partial charge in [0.1, 0.15) is 0 Å². The second-order valence-corrected chi connectivity index (χ2v) is 5.36. The second kappa shape index (κ2) is 5.26. The molecule has 6 heteroatoms. The number of benzene rings is 2. The second-order valence-electron chi connectivity index (χ2n) is 4.35. The summed E-state index contributed by atoms with van der Waals surface area (Å²) in [6.45, 7) is 0. The van der Waals surface area contributed by atoms with E-state index in [0.717, 1.165) is 27.7 Å². The van der Waals surface area contributed by atoms with Crippen LogP contribution in [0.15, 0.2) is 42.5 Å². The first-order valence-corrected chi connectivity index (χ1v) is 6.89. The Morgan fingerprint density at radius 2 is 1.95 bits per heavy atom. The topological polar surface area (TPSA) is 80.9 Å². The molecule has 1 amide bonds. The third-order valence-corrected chi connectivity index (χ3v) is 3.53. The zero-order chi connectivity index (χ0) is 13.9. The number of carbonyl (C=O) groups excluding carboxylic acids is 1. The average Bonchev–Trinajstić information content (AvgIpc) is 2.83. The molecule has 0 saturated carbocycles. The third kappa shape index (κ3) is 2.75. The summed E-state index contributed by atoms with van der Waals surface area (Å²) in [4.78, 5) is 11.9. The highest BCUT2D eigenvalue weighted by Gasteiger charge is 2.08. The van der Waals surface area contributed by atoms with E-state index >= 15 is 0 Å². The lowest BCUT2D eigenvalue weighted by Gasteiger charge is -2.03. The van der Waals surface area contributed by atoms with Crippen molar-refractivity contribution in [2.75, 3.05) is 11.1 Å². The van der Waals surface area contributed by atoms with Gasteiger partial charge in [0.05, 0.1) is 6.42 Å². The van der Waals surface area contributed by atoms with E-state index in [2.05, 4.69) is 15.5 Å². The first-order chi connectivity index (χ1) is 9.70. The molecule has 2 aromatic carbocycles. The predicted molar refractivity (Wildman–Crippen MR) is 80.6 cm³/mol. The molecule has 1 aromatic heterocycles. The van der Waals surface area contributed by atoms with E-state index in [-0.39, 0.29) is 5.91 Å². The monoisotopic (exact) mass is 284 g/mol. The normalized spacial score (nSPS) is 10.6. The van der Waals surface area contributed by atoms with E-state index in [1.54, 1.807) is 0 Å². The van der Waals surface area contributed by atoms with Gasteiger partial charge in [-0.1, -0.05) is 53.8 Å². The minimum Gasteiger partial charge on any atom is -0.374 e. The smallest absolute Gasteiger partial charge is 0.230 e. The molecule has 3 rings (SSSR count). The van der Waals surface area contributed by atoms with Crippen molar-refractivity contribution in [2.45, 2.75) is 6.42 Å². The van der Waals surface area contributed by atoms with E-state index in [1.807, 2.05) is 42.5 Å². The van der Waals surface area contributed by atoms with Crippen molar-refractivity contribution in [1.29, 1.82) is 0 Å². The molecular weight excluding hydrogens is 272 g/mol. The van der Waals surface area contributed by atoms with Gasteiger partial charge in [0, 0.05) is 0 Å². The van der Waals surface area contributed by atoms with Gasteiger partial charge in [-0.2, -0.15) is 0 Å². The number of rotatable bonds is 3. The average molecular weight is 284 g/mol. The summed E-state index contributed by atoms with van der Waals surface area (Å²) in [6, 6.07) is 14.0. The fourth-order valence-corrected chi connectivity index (χ4v) is 2.51. The van der Waals surface area contributed by atoms with Crippen LogP contribution in [0.3, 0.4) is 0 Å². The lowest BCUT2D eigenvalue weighted by Crippen LogP contribution is -2.14. The summed E-state index contributed by atoms with van der Waals surface area (Å²) in [6.07, 6.45) is 0.296. The number of amides is 1. The third-order valence-electron chi connectivity index (χ3n) is 2.87. The number of hydrogen-bond donors (Lipinski definition) is 2. The molecule has 0 atom stereocenters. The van der Waals surface area contributed by atoms with Crippen LogP contribution in [0.4, 0.5) is 10.3 Å². The van der Waals surface area contributed by atoms with Gasteiger partial charge in [-0.25, -0.2) is 0 Å². The number of hydrogen-bond acceptors (Lipinski definition) is 5. The maximum atomic E-state index is 11.9. The van der Waals surface area contributed by atoms with Gasteiger partial charge >= 0.3 is 0 Å². The molecule has 0 aliphatic rings. The van der Waals surface area contributed by atoms with E-state index in [0.29, 0.717) is 16.7 Å². The molecule has 20 heavy (non-hydrogen) atoms. The van der Waals surface area contributed by atoms with Crippen LogP contribution in [0, 0.1) is 0 Å². The van der Waals surface area contributed by atoms with Crippen molar-refractivity contribution in [3.8, 4) is 0 Å². The SMILES string of the molecule is Nc1nnc(NC(=O)Cc2ccc3ccccc3c2)s1. The van der Waals surface area contributed by atoms with Crippen LogP contribution in [-0.4, -0.2) is 16.1 Å². The number of nitrogens with zero attached hydrogens (tertiary/aromatic N) is 2. The van der Waals surface area contributed by atoms with Crippen LogP contribution < -0.4 is 11.1 Å². The van der Waals surface area contributed by atoms with Crippen LogP contribution >= 0.6 is 11.3 Å². The summed E-state index contributed by atoms with van der Waals surface area (Å²) >= 11 is 1.15. The number of nitrogens with one attached hydrogen (secondary N) is 1. The van der Waals surface area contributed by atoms with Crippen molar-refractivity contribution in [3.05, 3.63) is 48.0 Å². The first-order valence-electron chi connectivity index (χ1n) is 6.07. The Morgan fingerprint density at radius 1 is 1.15 bits per heavy atom. The highest BCUT2D eigenvalue weighted by molar-refractivity contribution is 7.18. The summed E-state index contributed by atoms with van der Waals surface area (Å²) in [5.74, 6) is -0.128. The summed E-state index contributed by atoms with van der Waals surface area (Å²) in [5, 5.41) is 13.1. The van der Waals surface area contributed by atoms with Gasteiger partial charge in [0.25, 0.3) is 0 Å². The Hall–Kier alpha value is -2.47. The molecule has 0 saturated heterocycles. The molecule has 0 aliphatic carbocycles. The van der Waals surface area contributed by atoms with E-state index in [1.165, 1.54) is 0 Å². The molecular formula is C14H12N4OS. The van der Waals surface area contributed by atoms with Crippen molar-refractivity contribution in [2.24, 2.45) is 0 Å². The predicted octanol–water partition coefficient (Wildman–Crippen LogP) is 2.45. The fourth-order valence-electron chi connectivity index (χ4n) is 1.98. The van der Waals surface area contributed by atoms with Crippen LogP contribution in [0.2, 0.25) is 0 Å². The van der Waals surface area contributed by atoms with Crippen molar-refractivity contribution >= 4 is 38.3 Å². The minimum absolute atomic E-state index is 0.128. The molecule has 3 N–H and O–H groups in total. The van der Waals surface area contributed by atoms with Crippen molar-refractivity contribution < 1.29 is 4.79 Å². The zero-order valence-corrected chi connectivity index (χ0v) is 11.4. The largest absolute Gasteiger partial charge is 0.374 e. The summed E-state index contributed by atoms with van der Waals surface area (Å²) < 4.78 is 0. The molecule has 3 aromatic rings. The Labute approximate surface area is 119 Å².